The molecule has 4 nitrogen and oxygen atoms in total. The summed E-state index contributed by atoms with van der Waals surface area (Å²) in [7, 11) is 0. The van der Waals surface area contributed by atoms with Gasteiger partial charge >= 0.3 is 0 Å². The molecule has 0 spiro atoms. The number of aryl methyl sites for hydroxylation is 2. The normalized spacial score (nSPS) is 10.3. The Morgan fingerprint density at radius 1 is 1.07 bits per heavy atom. The van der Waals surface area contributed by atoms with Gasteiger partial charge in [-0.25, -0.2) is 9.97 Å². The number of aromatic hydroxyl groups is 1. The summed E-state index contributed by atoms with van der Waals surface area (Å²) < 4.78 is 0. The Hall–Kier alpha value is -1.32. The molecule has 0 radical (unpaired) electrons. The third-order valence-corrected chi connectivity index (χ3v) is 2.27. The molecule has 1 N–H and O–H groups in total. The van der Waals surface area contributed by atoms with Crippen molar-refractivity contribution in [3.63, 3.8) is 0 Å². The smallest absolute Gasteiger partial charge is 0.226 e. The number of hydrogen-bond acceptors (Lipinski definition) is 4. The van der Waals surface area contributed by atoms with E-state index in [0.717, 1.165) is 13.1 Å². The van der Waals surface area contributed by atoms with E-state index in [1.807, 2.05) is 0 Å². The molecule has 0 atom stereocenters. The van der Waals surface area contributed by atoms with Gasteiger partial charge in [0.15, 0.2) is 5.75 Å². The van der Waals surface area contributed by atoms with Crippen molar-refractivity contribution in [2.45, 2.75) is 27.7 Å². The molecule has 0 saturated carbocycles. The highest BCUT2D eigenvalue weighted by atomic mass is 16.3. The summed E-state index contributed by atoms with van der Waals surface area (Å²) in [5.74, 6) is 0.892. The van der Waals surface area contributed by atoms with Crippen LogP contribution in [0.15, 0.2) is 0 Å². The molecule has 1 rings (SSSR count). The van der Waals surface area contributed by atoms with Crippen LogP contribution in [-0.4, -0.2) is 28.2 Å². The summed E-state index contributed by atoms with van der Waals surface area (Å²) in [5, 5.41) is 9.51. The molecule has 1 heterocycles. The lowest BCUT2D eigenvalue weighted by Crippen LogP contribution is -2.24. The van der Waals surface area contributed by atoms with Crippen molar-refractivity contribution in [3.05, 3.63) is 11.4 Å². The lowest BCUT2D eigenvalue weighted by Gasteiger charge is -2.19. The summed E-state index contributed by atoms with van der Waals surface area (Å²) in [6, 6.07) is 0. The highest BCUT2D eigenvalue weighted by Gasteiger charge is 2.10. The first-order chi connectivity index (χ1) is 6.60. The molecule has 0 aliphatic carbocycles. The molecular weight excluding hydrogens is 178 g/mol. The second-order valence-corrected chi connectivity index (χ2v) is 3.22. The second-order valence-electron chi connectivity index (χ2n) is 3.22. The predicted octanol–water partition coefficient (Wildman–Crippen LogP) is 1.65. The molecule has 0 amide bonds. The maximum atomic E-state index is 9.51. The first-order valence-electron chi connectivity index (χ1n) is 4.89. The van der Waals surface area contributed by atoms with Crippen molar-refractivity contribution in [1.29, 1.82) is 0 Å². The molecule has 4 heteroatoms. The van der Waals surface area contributed by atoms with E-state index in [1.165, 1.54) is 0 Å². The van der Waals surface area contributed by atoms with E-state index in [1.54, 1.807) is 13.8 Å². The quantitative estimate of drug-likeness (QED) is 0.796. The monoisotopic (exact) mass is 195 g/mol. The standard InChI is InChI=1S/C10H17N3O/c1-5-13(6-2)10-11-7(3)9(14)8(4)12-10/h14H,5-6H2,1-4H3. The van der Waals surface area contributed by atoms with Crippen molar-refractivity contribution < 1.29 is 5.11 Å². The van der Waals surface area contributed by atoms with Gasteiger partial charge in [-0.2, -0.15) is 0 Å². The zero-order chi connectivity index (χ0) is 10.7. The minimum atomic E-state index is 0.195. The van der Waals surface area contributed by atoms with Crippen LogP contribution in [0.3, 0.4) is 0 Å². The molecule has 0 unspecified atom stereocenters. The van der Waals surface area contributed by atoms with Crippen LogP contribution in [0.2, 0.25) is 0 Å². The van der Waals surface area contributed by atoms with E-state index < -0.39 is 0 Å². The molecule has 14 heavy (non-hydrogen) atoms. The number of hydrogen-bond donors (Lipinski definition) is 1. The summed E-state index contributed by atoms with van der Waals surface area (Å²) in [4.78, 5) is 10.5. The first kappa shape index (κ1) is 10.8. The van der Waals surface area contributed by atoms with E-state index >= 15 is 0 Å². The largest absolute Gasteiger partial charge is 0.504 e. The number of anilines is 1. The van der Waals surface area contributed by atoms with Gasteiger partial charge in [-0.1, -0.05) is 0 Å². The van der Waals surface area contributed by atoms with Crippen molar-refractivity contribution in [2.24, 2.45) is 0 Å². The van der Waals surface area contributed by atoms with Crippen molar-refractivity contribution >= 4 is 5.95 Å². The molecule has 0 bridgehead atoms. The Morgan fingerprint density at radius 2 is 1.50 bits per heavy atom. The van der Waals surface area contributed by atoms with E-state index in [0.29, 0.717) is 17.3 Å². The Bertz CT molecular complexity index is 298. The zero-order valence-electron chi connectivity index (χ0n) is 9.20. The van der Waals surface area contributed by atoms with Crippen LogP contribution < -0.4 is 4.90 Å². The average Bonchev–Trinajstić information content (AvgIpc) is 2.16. The highest BCUT2D eigenvalue weighted by molar-refractivity contribution is 5.39. The lowest BCUT2D eigenvalue weighted by atomic mass is 10.3. The van der Waals surface area contributed by atoms with Gasteiger partial charge in [0.25, 0.3) is 0 Å². The maximum Gasteiger partial charge on any atom is 0.226 e. The Balaban J connectivity index is 3.11. The SMILES string of the molecule is CCN(CC)c1nc(C)c(O)c(C)n1. The van der Waals surface area contributed by atoms with Crippen LogP contribution in [0, 0.1) is 13.8 Å². The maximum absolute atomic E-state index is 9.51. The molecule has 0 fully saturated rings. The predicted molar refractivity (Wildman–Crippen MR) is 56.7 cm³/mol. The average molecular weight is 195 g/mol. The molecule has 0 aliphatic rings. The fraction of sp³-hybridized carbons (Fsp3) is 0.600. The van der Waals surface area contributed by atoms with Crippen molar-refractivity contribution in [2.75, 3.05) is 18.0 Å². The summed E-state index contributed by atoms with van der Waals surface area (Å²) in [6.45, 7) is 9.45. The number of nitrogens with zero attached hydrogens (tertiary/aromatic N) is 3. The van der Waals surface area contributed by atoms with Gasteiger partial charge in [0, 0.05) is 13.1 Å². The second kappa shape index (κ2) is 4.26. The zero-order valence-corrected chi connectivity index (χ0v) is 9.20. The van der Waals surface area contributed by atoms with Gasteiger partial charge < -0.3 is 10.0 Å². The van der Waals surface area contributed by atoms with E-state index in [4.69, 9.17) is 0 Å². The number of aromatic nitrogens is 2. The first-order valence-corrected chi connectivity index (χ1v) is 4.89. The van der Waals surface area contributed by atoms with E-state index in [-0.39, 0.29) is 5.75 Å². The van der Waals surface area contributed by atoms with Crippen LogP contribution in [0.25, 0.3) is 0 Å². The van der Waals surface area contributed by atoms with Gasteiger partial charge in [0.2, 0.25) is 5.95 Å². The van der Waals surface area contributed by atoms with Gasteiger partial charge in [-0.15, -0.1) is 0 Å². The van der Waals surface area contributed by atoms with Gasteiger partial charge in [-0.3, -0.25) is 0 Å². The fourth-order valence-corrected chi connectivity index (χ4v) is 1.34. The van der Waals surface area contributed by atoms with Gasteiger partial charge in [0.05, 0.1) is 11.4 Å². The summed E-state index contributed by atoms with van der Waals surface area (Å²) in [5.41, 5.74) is 1.28. The molecule has 1 aromatic heterocycles. The fourth-order valence-electron chi connectivity index (χ4n) is 1.34. The van der Waals surface area contributed by atoms with Crippen LogP contribution in [0.1, 0.15) is 25.2 Å². The van der Waals surface area contributed by atoms with E-state index in [2.05, 4.69) is 28.7 Å². The van der Waals surface area contributed by atoms with E-state index in [9.17, 15) is 5.11 Å². The number of rotatable bonds is 3. The third-order valence-electron chi connectivity index (χ3n) is 2.27. The van der Waals surface area contributed by atoms with Crippen LogP contribution >= 0.6 is 0 Å². The minimum absolute atomic E-state index is 0.195. The van der Waals surface area contributed by atoms with Crippen molar-refractivity contribution in [3.8, 4) is 5.75 Å². The molecule has 0 aliphatic heterocycles. The topological polar surface area (TPSA) is 49.2 Å². The Morgan fingerprint density at radius 3 is 1.86 bits per heavy atom. The third kappa shape index (κ3) is 1.95. The molecule has 1 aromatic rings. The van der Waals surface area contributed by atoms with Crippen LogP contribution in [0.5, 0.6) is 5.75 Å². The molecule has 0 aromatic carbocycles. The van der Waals surface area contributed by atoms with Crippen molar-refractivity contribution in [1.82, 2.24) is 9.97 Å². The van der Waals surface area contributed by atoms with Gasteiger partial charge in [0.1, 0.15) is 0 Å². The Labute approximate surface area is 84.6 Å². The highest BCUT2D eigenvalue weighted by Crippen LogP contribution is 2.20. The molecule has 0 saturated heterocycles. The van der Waals surface area contributed by atoms with Crippen LogP contribution in [0.4, 0.5) is 5.95 Å². The Kier molecular flexibility index (Phi) is 3.28. The minimum Gasteiger partial charge on any atom is -0.504 e. The summed E-state index contributed by atoms with van der Waals surface area (Å²) in [6.07, 6.45) is 0. The van der Waals surface area contributed by atoms with Crippen LogP contribution in [-0.2, 0) is 0 Å². The molecule has 78 valence electrons. The van der Waals surface area contributed by atoms with Gasteiger partial charge in [-0.05, 0) is 27.7 Å². The summed E-state index contributed by atoms with van der Waals surface area (Å²) >= 11 is 0. The molecular formula is C10H17N3O. The lowest BCUT2D eigenvalue weighted by molar-refractivity contribution is 0.459.